The maximum Gasteiger partial charge on any atom is 0.289 e. The summed E-state index contributed by atoms with van der Waals surface area (Å²) in [6, 6.07) is 7.39. The minimum atomic E-state index is -0.330. The molecule has 0 bridgehead atoms. The van der Waals surface area contributed by atoms with Gasteiger partial charge in [-0.1, -0.05) is 0 Å². The molecule has 0 radical (unpaired) electrons. The maximum atomic E-state index is 12.6. The van der Waals surface area contributed by atoms with E-state index in [9.17, 15) is 4.79 Å². The van der Waals surface area contributed by atoms with Crippen LogP contribution >= 0.6 is 0 Å². The molecule has 0 atom stereocenters. The van der Waals surface area contributed by atoms with Gasteiger partial charge in [0.05, 0.1) is 23.0 Å². The molecule has 0 unspecified atom stereocenters. The Kier molecular flexibility index (Phi) is 4.17. The second kappa shape index (κ2) is 6.40. The number of hydrogen-bond donors (Lipinski definition) is 2. The van der Waals surface area contributed by atoms with Gasteiger partial charge < -0.3 is 20.0 Å². The maximum absolute atomic E-state index is 12.6. The number of amidine groups is 1. The van der Waals surface area contributed by atoms with Gasteiger partial charge in [-0.25, -0.2) is 4.98 Å². The van der Waals surface area contributed by atoms with E-state index in [0.717, 1.165) is 30.2 Å². The fraction of sp³-hybridized carbons (Fsp3) is 0.450. The van der Waals surface area contributed by atoms with E-state index < -0.39 is 0 Å². The van der Waals surface area contributed by atoms with E-state index in [1.54, 1.807) is 18.3 Å². The molecular weight excluding hydrogens is 342 g/mol. The number of carbonyl (C=O) groups is 1. The first kappa shape index (κ1) is 17.6. The average Bonchev–Trinajstić information content (AvgIpc) is 3.16. The van der Waals surface area contributed by atoms with E-state index in [1.807, 2.05) is 17.0 Å². The van der Waals surface area contributed by atoms with Crippen LogP contribution in [0.5, 0.6) is 0 Å². The van der Waals surface area contributed by atoms with Crippen LogP contribution in [0.25, 0.3) is 0 Å². The minimum Gasteiger partial charge on any atom is -0.459 e. The first-order valence-corrected chi connectivity index (χ1v) is 9.30. The van der Waals surface area contributed by atoms with Gasteiger partial charge >= 0.3 is 0 Å². The van der Waals surface area contributed by atoms with Crippen LogP contribution in [0.15, 0.2) is 46.1 Å². The fourth-order valence-electron chi connectivity index (χ4n) is 3.63. The summed E-state index contributed by atoms with van der Waals surface area (Å²) in [4.78, 5) is 23.8. The summed E-state index contributed by atoms with van der Waals surface area (Å²) in [6.07, 6.45) is 4.82. The second-order valence-corrected chi connectivity index (χ2v) is 8.13. The van der Waals surface area contributed by atoms with Gasteiger partial charge in [-0.05, 0) is 57.9 Å². The van der Waals surface area contributed by atoms with E-state index >= 15 is 0 Å². The van der Waals surface area contributed by atoms with Crippen molar-refractivity contribution in [1.82, 2.24) is 9.88 Å². The van der Waals surface area contributed by atoms with Crippen molar-refractivity contribution in [1.29, 1.82) is 0 Å². The number of fused-ring (bicyclic) bond motifs is 1. The Morgan fingerprint density at radius 2 is 2.04 bits per heavy atom. The molecule has 0 aliphatic carbocycles. The SMILES string of the molecule is CC(C)(C)N=C1Nc2ncccc2NC12CCN(C(=O)c1ccco1)CC2. The first-order chi connectivity index (χ1) is 12.9. The molecule has 0 saturated carbocycles. The van der Waals surface area contributed by atoms with E-state index in [0.29, 0.717) is 18.8 Å². The van der Waals surface area contributed by atoms with Crippen molar-refractivity contribution in [3.8, 4) is 0 Å². The Bertz CT molecular complexity index is 859. The number of piperidine rings is 1. The zero-order valence-corrected chi connectivity index (χ0v) is 16.0. The molecule has 0 aromatic carbocycles. The van der Waals surface area contributed by atoms with Gasteiger partial charge in [0.25, 0.3) is 5.91 Å². The van der Waals surface area contributed by atoms with Crippen molar-refractivity contribution in [2.24, 2.45) is 4.99 Å². The highest BCUT2D eigenvalue weighted by molar-refractivity contribution is 6.09. The Morgan fingerprint density at radius 1 is 1.26 bits per heavy atom. The number of pyridine rings is 1. The van der Waals surface area contributed by atoms with Crippen molar-refractivity contribution in [2.45, 2.75) is 44.7 Å². The van der Waals surface area contributed by atoms with Crippen LogP contribution in [-0.2, 0) is 0 Å². The summed E-state index contributed by atoms with van der Waals surface area (Å²) in [5.74, 6) is 2.01. The van der Waals surface area contributed by atoms with Gasteiger partial charge in [0.1, 0.15) is 5.84 Å². The fourth-order valence-corrected chi connectivity index (χ4v) is 3.63. The molecule has 1 saturated heterocycles. The highest BCUT2D eigenvalue weighted by Crippen LogP contribution is 2.37. The molecule has 1 spiro atoms. The zero-order chi connectivity index (χ0) is 19.1. The lowest BCUT2D eigenvalue weighted by molar-refractivity contribution is 0.0672. The lowest BCUT2D eigenvalue weighted by Crippen LogP contribution is -2.59. The third-order valence-corrected chi connectivity index (χ3v) is 4.96. The average molecular weight is 367 g/mol. The molecule has 7 nitrogen and oxygen atoms in total. The third kappa shape index (κ3) is 3.41. The zero-order valence-electron chi connectivity index (χ0n) is 16.0. The van der Waals surface area contributed by atoms with Gasteiger partial charge in [0.2, 0.25) is 0 Å². The molecule has 2 aromatic rings. The standard InChI is InChI=1S/C20H25N5O2/c1-19(2,3)24-18-20(23-14-6-4-10-21-16(14)22-18)8-11-25(12-9-20)17(26)15-7-5-13-27-15/h4-7,10,13,23H,8-9,11-12H2,1-3H3,(H,21,22,24). The van der Waals surface area contributed by atoms with E-state index in [1.165, 1.54) is 6.26 Å². The van der Waals surface area contributed by atoms with Gasteiger partial charge in [0.15, 0.2) is 11.6 Å². The number of hydrogen-bond acceptors (Lipinski definition) is 5. The van der Waals surface area contributed by atoms with Gasteiger partial charge in [-0.3, -0.25) is 9.79 Å². The monoisotopic (exact) mass is 367 g/mol. The molecule has 2 N–H and O–H groups in total. The van der Waals surface area contributed by atoms with Gasteiger partial charge in [0, 0.05) is 19.3 Å². The lowest BCUT2D eigenvalue weighted by Gasteiger charge is -2.46. The summed E-state index contributed by atoms with van der Waals surface area (Å²) >= 11 is 0. The number of aliphatic imine (C=N–C) groups is 1. The Morgan fingerprint density at radius 3 is 2.70 bits per heavy atom. The van der Waals surface area contributed by atoms with Crippen LogP contribution in [0.2, 0.25) is 0 Å². The number of likely N-dealkylation sites (tertiary alicyclic amines) is 1. The summed E-state index contributed by atoms with van der Waals surface area (Å²) in [5.41, 5.74) is 0.421. The molecule has 2 aliphatic heterocycles. The van der Waals surface area contributed by atoms with Crippen LogP contribution < -0.4 is 10.6 Å². The predicted molar refractivity (Wildman–Crippen MR) is 105 cm³/mol. The number of nitrogens with one attached hydrogen (secondary N) is 2. The Balaban J connectivity index is 1.60. The highest BCUT2D eigenvalue weighted by Gasteiger charge is 2.44. The molecule has 4 rings (SSSR count). The molecule has 1 amide bonds. The summed E-state index contributed by atoms with van der Waals surface area (Å²) < 4.78 is 5.27. The Hall–Kier alpha value is -2.83. The molecule has 2 aromatic heterocycles. The van der Waals surface area contributed by atoms with Crippen LogP contribution in [0.1, 0.15) is 44.2 Å². The van der Waals surface area contributed by atoms with Gasteiger partial charge in [-0.15, -0.1) is 0 Å². The molecule has 4 heterocycles. The van der Waals surface area contributed by atoms with E-state index in [-0.39, 0.29) is 17.0 Å². The van der Waals surface area contributed by atoms with Crippen LogP contribution in [-0.4, -0.2) is 45.8 Å². The minimum absolute atomic E-state index is 0.0602. The van der Waals surface area contributed by atoms with Crippen molar-refractivity contribution in [3.63, 3.8) is 0 Å². The number of nitrogens with zero attached hydrogens (tertiary/aromatic N) is 3. The first-order valence-electron chi connectivity index (χ1n) is 9.30. The normalized spacial score (nSPS) is 20.1. The highest BCUT2D eigenvalue weighted by atomic mass is 16.3. The largest absolute Gasteiger partial charge is 0.459 e. The summed E-state index contributed by atoms with van der Waals surface area (Å²) in [5, 5.41) is 7.10. The number of anilines is 2. The summed E-state index contributed by atoms with van der Waals surface area (Å²) in [7, 11) is 0. The van der Waals surface area contributed by atoms with Crippen molar-refractivity contribution < 1.29 is 9.21 Å². The predicted octanol–water partition coefficient (Wildman–Crippen LogP) is 3.38. The quantitative estimate of drug-likeness (QED) is 0.807. The van der Waals surface area contributed by atoms with Crippen LogP contribution in [0, 0.1) is 0 Å². The smallest absolute Gasteiger partial charge is 0.289 e. The van der Waals surface area contributed by atoms with Crippen molar-refractivity contribution >= 4 is 23.2 Å². The Labute approximate surface area is 158 Å². The van der Waals surface area contributed by atoms with Crippen molar-refractivity contribution in [2.75, 3.05) is 23.7 Å². The van der Waals surface area contributed by atoms with E-state index in [2.05, 4.69) is 36.4 Å². The molecule has 27 heavy (non-hydrogen) atoms. The molecular formula is C20H25N5O2. The molecule has 7 heteroatoms. The van der Waals surface area contributed by atoms with Crippen LogP contribution in [0.4, 0.5) is 11.5 Å². The number of amides is 1. The molecule has 142 valence electrons. The number of aromatic nitrogens is 1. The van der Waals surface area contributed by atoms with Crippen LogP contribution in [0.3, 0.4) is 0 Å². The number of carbonyl (C=O) groups excluding carboxylic acids is 1. The van der Waals surface area contributed by atoms with E-state index in [4.69, 9.17) is 9.41 Å². The number of furan rings is 1. The summed E-state index contributed by atoms with van der Waals surface area (Å²) in [6.45, 7) is 7.51. The number of rotatable bonds is 1. The second-order valence-electron chi connectivity index (χ2n) is 8.13. The topological polar surface area (TPSA) is 82.8 Å². The van der Waals surface area contributed by atoms with Gasteiger partial charge in [-0.2, -0.15) is 0 Å². The third-order valence-electron chi connectivity index (χ3n) is 4.96. The molecule has 1 fully saturated rings. The lowest BCUT2D eigenvalue weighted by atomic mass is 9.83. The molecule has 2 aliphatic rings. The van der Waals surface area contributed by atoms with Crippen molar-refractivity contribution in [3.05, 3.63) is 42.5 Å².